The number of nitrogens with zero attached hydrogens (tertiary/aromatic N) is 2. The van der Waals surface area contributed by atoms with Gasteiger partial charge >= 0.3 is 0 Å². The van der Waals surface area contributed by atoms with Crippen LogP contribution in [0, 0.1) is 5.92 Å². The van der Waals surface area contributed by atoms with E-state index >= 15 is 0 Å². The maximum Gasteiger partial charge on any atom is 0.255 e. The fraction of sp³-hybridized carbons (Fsp3) is 0.538. The summed E-state index contributed by atoms with van der Waals surface area (Å²) in [5.41, 5.74) is 0.639. The van der Waals surface area contributed by atoms with Gasteiger partial charge < -0.3 is 9.64 Å². The molecule has 1 aliphatic rings. The minimum Gasteiger partial charge on any atom is -0.481 e. The molecule has 0 spiro atoms. The van der Waals surface area contributed by atoms with E-state index in [0.717, 1.165) is 19.5 Å². The lowest BCUT2D eigenvalue weighted by Crippen LogP contribution is -2.39. The first-order valence-electron chi connectivity index (χ1n) is 6.00. The highest BCUT2D eigenvalue weighted by Gasteiger charge is 2.22. The smallest absolute Gasteiger partial charge is 0.255 e. The van der Waals surface area contributed by atoms with Gasteiger partial charge in [0.2, 0.25) is 5.88 Å². The molecule has 17 heavy (non-hydrogen) atoms. The first kappa shape index (κ1) is 11.9. The van der Waals surface area contributed by atoms with Crippen molar-refractivity contribution in [3.63, 3.8) is 0 Å². The molecule has 0 aromatic carbocycles. The Bertz CT molecular complexity index is 389. The van der Waals surface area contributed by atoms with Crippen LogP contribution in [0.4, 0.5) is 0 Å². The summed E-state index contributed by atoms with van der Waals surface area (Å²) in [6.45, 7) is 3.89. The molecule has 2 heterocycles. The fourth-order valence-corrected chi connectivity index (χ4v) is 2.18. The molecule has 1 aromatic heterocycles. The summed E-state index contributed by atoms with van der Waals surface area (Å²) < 4.78 is 4.98. The molecule has 1 aliphatic heterocycles. The van der Waals surface area contributed by atoms with E-state index in [0.29, 0.717) is 17.4 Å². The predicted octanol–water partition coefficient (Wildman–Crippen LogP) is 1.96. The standard InChI is InChI=1S/C13H18N2O2/c1-10-4-3-7-15(9-10)13(16)11-5-6-12(17-2)14-8-11/h5-6,8,10H,3-4,7,9H2,1-2H3. The quantitative estimate of drug-likeness (QED) is 0.785. The van der Waals surface area contributed by atoms with E-state index in [1.807, 2.05) is 4.90 Å². The number of piperidine rings is 1. The van der Waals surface area contributed by atoms with E-state index in [4.69, 9.17) is 4.74 Å². The average molecular weight is 234 g/mol. The van der Waals surface area contributed by atoms with Crippen molar-refractivity contribution < 1.29 is 9.53 Å². The molecule has 0 aliphatic carbocycles. The maximum absolute atomic E-state index is 12.2. The molecule has 92 valence electrons. The Balaban J connectivity index is 2.07. The van der Waals surface area contributed by atoms with E-state index in [-0.39, 0.29) is 5.91 Å². The number of rotatable bonds is 2. The summed E-state index contributed by atoms with van der Waals surface area (Å²) in [4.78, 5) is 18.2. The van der Waals surface area contributed by atoms with Crippen molar-refractivity contribution >= 4 is 5.91 Å². The summed E-state index contributed by atoms with van der Waals surface area (Å²) in [5, 5.41) is 0. The number of hydrogen-bond acceptors (Lipinski definition) is 3. The molecule has 1 atom stereocenters. The van der Waals surface area contributed by atoms with E-state index in [1.165, 1.54) is 6.42 Å². The third-order valence-electron chi connectivity index (χ3n) is 3.14. The molecule has 4 heteroatoms. The van der Waals surface area contributed by atoms with Crippen LogP contribution >= 0.6 is 0 Å². The lowest BCUT2D eigenvalue weighted by atomic mass is 10.00. The Morgan fingerprint density at radius 1 is 1.53 bits per heavy atom. The molecule has 0 saturated carbocycles. The van der Waals surface area contributed by atoms with E-state index < -0.39 is 0 Å². The van der Waals surface area contributed by atoms with Crippen molar-refractivity contribution in [1.29, 1.82) is 0 Å². The summed E-state index contributed by atoms with van der Waals surface area (Å²) in [6.07, 6.45) is 3.89. The summed E-state index contributed by atoms with van der Waals surface area (Å²) in [6, 6.07) is 3.49. The van der Waals surface area contributed by atoms with Crippen LogP contribution < -0.4 is 4.74 Å². The normalized spacial score (nSPS) is 20.1. The Morgan fingerprint density at radius 2 is 2.35 bits per heavy atom. The number of likely N-dealkylation sites (tertiary alicyclic amines) is 1. The van der Waals surface area contributed by atoms with Gasteiger partial charge in [0, 0.05) is 25.4 Å². The van der Waals surface area contributed by atoms with Crippen molar-refractivity contribution in [2.45, 2.75) is 19.8 Å². The highest BCUT2D eigenvalue weighted by Crippen LogP contribution is 2.18. The number of methoxy groups -OCH3 is 1. The van der Waals surface area contributed by atoms with Gasteiger partial charge in [-0.3, -0.25) is 4.79 Å². The number of carbonyl (C=O) groups excluding carboxylic acids is 1. The molecule has 1 saturated heterocycles. The number of hydrogen-bond donors (Lipinski definition) is 0. The zero-order chi connectivity index (χ0) is 12.3. The second kappa shape index (κ2) is 5.17. The van der Waals surface area contributed by atoms with Crippen molar-refractivity contribution in [1.82, 2.24) is 9.88 Å². The molecule has 2 rings (SSSR count). The fourth-order valence-electron chi connectivity index (χ4n) is 2.18. The largest absolute Gasteiger partial charge is 0.481 e. The first-order chi connectivity index (χ1) is 8.20. The van der Waals surface area contributed by atoms with Crippen LogP contribution in [0.1, 0.15) is 30.1 Å². The lowest BCUT2D eigenvalue weighted by molar-refractivity contribution is 0.0682. The monoisotopic (exact) mass is 234 g/mol. The van der Waals surface area contributed by atoms with Crippen LogP contribution in [-0.4, -0.2) is 36.0 Å². The summed E-state index contributed by atoms with van der Waals surface area (Å²) in [5.74, 6) is 1.21. The van der Waals surface area contributed by atoms with Crippen LogP contribution in [0.5, 0.6) is 5.88 Å². The molecular weight excluding hydrogens is 216 g/mol. The van der Waals surface area contributed by atoms with E-state index in [2.05, 4.69) is 11.9 Å². The van der Waals surface area contributed by atoms with Gasteiger partial charge in [-0.15, -0.1) is 0 Å². The van der Waals surface area contributed by atoms with Crippen molar-refractivity contribution in [2.24, 2.45) is 5.92 Å². The van der Waals surface area contributed by atoms with Crippen LogP contribution in [0.25, 0.3) is 0 Å². The SMILES string of the molecule is COc1ccc(C(=O)N2CCCC(C)C2)cn1. The van der Waals surface area contributed by atoms with E-state index in [1.54, 1.807) is 25.4 Å². The molecule has 1 fully saturated rings. The number of ether oxygens (including phenoxy) is 1. The van der Waals surface area contributed by atoms with Crippen molar-refractivity contribution in [3.05, 3.63) is 23.9 Å². The highest BCUT2D eigenvalue weighted by atomic mass is 16.5. The minimum atomic E-state index is 0.0757. The lowest BCUT2D eigenvalue weighted by Gasteiger charge is -2.30. The zero-order valence-corrected chi connectivity index (χ0v) is 10.3. The number of pyridine rings is 1. The molecule has 1 unspecified atom stereocenters. The van der Waals surface area contributed by atoms with Crippen LogP contribution in [0.2, 0.25) is 0 Å². The average Bonchev–Trinajstić information content (AvgIpc) is 2.38. The molecular formula is C13H18N2O2. The molecule has 4 nitrogen and oxygen atoms in total. The van der Waals surface area contributed by atoms with E-state index in [9.17, 15) is 4.79 Å². The molecule has 1 amide bonds. The Hall–Kier alpha value is -1.58. The highest BCUT2D eigenvalue weighted by molar-refractivity contribution is 5.94. The Morgan fingerprint density at radius 3 is 2.94 bits per heavy atom. The molecule has 1 aromatic rings. The summed E-state index contributed by atoms with van der Waals surface area (Å²) in [7, 11) is 1.57. The molecule has 0 radical (unpaired) electrons. The van der Waals surface area contributed by atoms with Crippen LogP contribution in [0.15, 0.2) is 18.3 Å². The number of amides is 1. The van der Waals surface area contributed by atoms with Gasteiger partial charge in [-0.1, -0.05) is 6.92 Å². The number of carbonyl (C=O) groups is 1. The topological polar surface area (TPSA) is 42.4 Å². The van der Waals surface area contributed by atoms with Crippen LogP contribution in [-0.2, 0) is 0 Å². The Labute approximate surface area is 102 Å². The van der Waals surface area contributed by atoms with Gasteiger partial charge in [0.05, 0.1) is 12.7 Å². The van der Waals surface area contributed by atoms with Gasteiger partial charge in [0.1, 0.15) is 0 Å². The zero-order valence-electron chi connectivity index (χ0n) is 10.3. The molecule has 0 N–H and O–H groups in total. The predicted molar refractivity (Wildman–Crippen MR) is 65.1 cm³/mol. The molecule has 0 bridgehead atoms. The second-order valence-electron chi connectivity index (χ2n) is 4.59. The third-order valence-corrected chi connectivity index (χ3v) is 3.14. The van der Waals surface area contributed by atoms with Gasteiger partial charge in [0.25, 0.3) is 5.91 Å². The minimum absolute atomic E-state index is 0.0757. The Kier molecular flexibility index (Phi) is 3.61. The third kappa shape index (κ3) is 2.75. The van der Waals surface area contributed by atoms with Gasteiger partial charge in [-0.05, 0) is 24.8 Å². The first-order valence-corrected chi connectivity index (χ1v) is 6.00. The number of aromatic nitrogens is 1. The van der Waals surface area contributed by atoms with Crippen molar-refractivity contribution in [3.8, 4) is 5.88 Å². The van der Waals surface area contributed by atoms with Crippen LogP contribution in [0.3, 0.4) is 0 Å². The van der Waals surface area contributed by atoms with Gasteiger partial charge in [-0.25, -0.2) is 4.98 Å². The van der Waals surface area contributed by atoms with Crippen molar-refractivity contribution in [2.75, 3.05) is 20.2 Å². The van der Waals surface area contributed by atoms with Gasteiger partial charge in [-0.2, -0.15) is 0 Å². The summed E-state index contributed by atoms with van der Waals surface area (Å²) >= 11 is 0. The van der Waals surface area contributed by atoms with Gasteiger partial charge in [0.15, 0.2) is 0 Å². The second-order valence-corrected chi connectivity index (χ2v) is 4.59. The maximum atomic E-state index is 12.2.